The molecule has 2 aromatic carbocycles. The van der Waals surface area contributed by atoms with E-state index < -0.39 is 11.9 Å². The monoisotopic (exact) mass is 313 g/mol. The minimum absolute atomic E-state index is 0.0573. The van der Waals surface area contributed by atoms with E-state index in [2.05, 4.69) is 4.99 Å². The molecule has 2 rings (SSSR count). The second-order valence-corrected chi connectivity index (χ2v) is 4.60. The van der Waals surface area contributed by atoms with Crippen molar-refractivity contribution in [1.82, 2.24) is 0 Å². The van der Waals surface area contributed by atoms with E-state index in [4.69, 9.17) is 9.84 Å². The fraction of sp³-hybridized carbons (Fsp3) is 0.118. The van der Waals surface area contributed by atoms with Crippen LogP contribution >= 0.6 is 0 Å². The van der Waals surface area contributed by atoms with Crippen molar-refractivity contribution < 1.29 is 24.5 Å². The molecular formula is C17H15NO5. The van der Waals surface area contributed by atoms with E-state index in [0.29, 0.717) is 23.4 Å². The molecule has 6 nitrogen and oxygen atoms in total. The van der Waals surface area contributed by atoms with Gasteiger partial charge in [-0.2, -0.15) is 0 Å². The summed E-state index contributed by atoms with van der Waals surface area (Å²) >= 11 is 0. The Labute approximate surface area is 132 Å². The lowest BCUT2D eigenvalue weighted by atomic mass is 10.1. The minimum atomic E-state index is -1.08. The Balaban J connectivity index is 2.19. The van der Waals surface area contributed by atoms with Gasteiger partial charge in [-0.1, -0.05) is 0 Å². The zero-order valence-corrected chi connectivity index (χ0v) is 12.4. The Bertz CT molecular complexity index is 750. The first-order valence-corrected chi connectivity index (χ1v) is 6.89. The zero-order chi connectivity index (χ0) is 16.8. The zero-order valence-electron chi connectivity index (χ0n) is 12.4. The van der Waals surface area contributed by atoms with Gasteiger partial charge in [0.25, 0.3) is 0 Å². The molecule has 118 valence electrons. The first-order valence-electron chi connectivity index (χ1n) is 6.89. The third-order valence-electron chi connectivity index (χ3n) is 3.01. The lowest BCUT2D eigenvalue weighted by Gasteiger charge is -2.02. The number of phenols is 1. The summed E-state index contributed by atoms with van der Waals surface area (Å²) < 4.78 is 4.88. The highest BCUT2D eigenvalue weighted by Crippen LogP contribution is 2.19. The van der Waals surface area contributed by atoms with E-state index in [0.717, 1.165) is 0 Å². The number of ether oxygens (including phenoxy) is 1. The summed E-state index contributed by atoms with van der Waals surface area (Å²) in [4.78, 5) is 26.6. The molecule has 23 heavy (non-hydrogen) atoms. The smallest absolute Gasteiger partial charge is 0.338 e. The van der Waals surface area contributed by atoms with Gasteiger partial charge in [-0.15, -0.1) is 0 Å². The molecule has 0 spiro atoms. The van der Waals surface area contributed by atoms with Crippen LogP contribution in [0.5, 0.6) is 5.75 Å². The number of carboxylic acid groups (broad SMARTS) is 1. The van der Waals surface area contributed by atoms with Crippen molar-refractivity contribution in [3.8, 4) is 5.75 Å². The number of carbonyl (C=O) groups is 2. The van der Waals surface area contributed by atoms with Gasteiger partial charge in [0, 0.05) is 11.8 Å². The Kier molecular flexibility index (Phi) is 5.09. The summed E-state index contributed by atoms with van der Waals surface area (Å²) in [6.45, 7) is 2.03. The summed E-state index contributed by atoms with van der Waals surface area (Å²) in [5, 5.41) is 18.7. The molecule has 0 heterocycles. The van der Waals surface area contributed by atoms with Gasteiger partial charge >= 0.3 is 11.9 Å². The van der Waals surface area contributed by atoms with Crippen LogP contribution in [-0.2, 0) is 4.74 Å². The van der Waals surface area contributed by atoms with Gasteiger partial charge in [0.05, 0.1) is 23.4 Å². The lowest BCUT2D eigenvalue weighted by molar-refractivity contribution is 0.0526. The molecule has 0 unspecified atom stereocenters. The van der Waals surface area contributed by atoms with E-state index in [-0.39, 0.29) is 11.3 Å². The lowest BCUT2D eigenvalue weighted by Crippen LogP contribution is -2.03. The fourth-order valence-corrected chi connectivity index (χ4v) is 1.83. The second kappa shape index (κ2) is 7.22. The van der Waals surface area contributed by atoms with Gasteiger partial charge in [-0.25, -0.2) is 9.59 Å². The van der Waals surface area contributed by atoms with Crippen molar-refractivity contribution in [2.24, 2.45) is 4.99 Å². The maximum Gasteiger partial charge on any atom is 0.338 e. The number of carboxylic acids is 1. The number of hydrogen-bond acceptors (Lipinski definition) is 5. The number of benzene rings is 2. The molecular weight excluding hydrogens is 298 g/mol. The van der Waals surface area contributed by atoms with Crippen LogP contribution in [0.4, 0.5) is 5.69 Å². The second-order valence-electron chi connectivity index (χ2n) is 4.60. The molecule has 0 aliphatic carbocycles. The van der Waals surface area contributed by atoms with Crippen molar-refractivity contribution in [2.75, 3.05) is 6.61 Å². The molecule has 0 fully saturated rings. The molecule has 0 amide bonds. The largest absolute Gasteiger partial charge is 0.507 e. The third-order valence-corrected chi connectivity index (χ3v) is 3.01. The average molecular weight is 313 g/mol. The number of phenolic OH excluding ortho intramolecular Hbond substituents is 1. The summed E-state index contributed by atoms with van der Waals surface area (Å²) in [5.41, 5.74) is 1.32. The van der Waals surface area contributed by atoms with Crippen LogP contribution in [0.25, 0.3) is 0 Å². The molecule has 0 aliphatic heterocycles. The van der Waals surface area contributed by atoms with Gasteiger partial charge in [0.15, 0.2) is 0 Å². The molecule has 0 radical (unpaired) electrons. The van der Waals surface area contributed by atoms with E-state index in [1.807, 2.05) is 0 Å². The normalized spacial score (nSPS) is 10.7. The van der Waals surface area contributed by atoms with E-state index in [1.165, 1.54) is 24.4 Å². The highest BCUT2D eigenvalue weighted by Gasteiger charge is 2.07. The third kappa shape index (κ3) is 4.16. The van der Waals surface area contributed by atoms with Crippen molar-refractivity contribution in [3.63, 3.8) is 0 Å². The summed E-state index contributed by atoms with van der Waals surface area (Å²) in [6.07, 6.45) is 1.36. The quantitative estimate of drug-likeness (QED) is 0.653. The number of aromatic carboxylic acids is 1. The minimum Gasteiger partial charge on any atom is -0.507 e. The molecule has 0 bridgehead atoms. The van der Waals surface area contributed by atoms with Gasteiger partial charge in [-0.05, 0) is 49.4 Å². The maximum atomic E-state index is 11.5. The first kappa shape index (κ1) is 16.2. The van der Waals surface area contributed by atoms with Crippen LogP contribution in [0.1, 0.15) is 33.2 Å². The topological polar surface area (TPSA) is 96.2 Å². The van der Waals surface area contributed by atoms with Gasteiger partial charge in [-0.3, -0.25) is 4.99 Å². The van der Waals surface area contributed by atoms with E-state index >= 15 is 0 Å². The Morgan fingerprint density at radius 2 is 1.78 bits per heavy atom. The van der Waals surface area contributed by atoms with Gasteiger partial charge < -0.3 is 14.9 Å². The standard InChI is InChI=1S/C17H15NO5/c1-2-23-17(22)11-3-6-14(7-4-11)18-10-13-9-12(16(20)21)5-8-15(13)19/h3-10,19H,2H2,1H3,(H,20,21). The fourth-order valence-electron chi connectivity index (χ4n) is 1.83. The van der Waals surface area contributed by atoms with Crippen molar-refractivity contribution >= 4 is 23.8 Å². The Morgan fingerprint density at radius 3 is 2.39 bits per heavy atom. The van der Waals surface area contributed by atoms with Crippen molar-refractivity contribution in [2.45, 2.75) is 6.92 Å². The maximum absolute atomic E-state index is 11.5. The van der Waals surface area contributed by atoms with E-state index in [9.17, 15) is 14.7 Å². The molecule has 6 heteroatoms. The van der Waals surface area contributed by atoms with E-state index in [1.54, 1.807) is 31.2 Å². The van der Waals surface area contributed by atoms with Crippen LogP contribution in [0.3, 0.4) is 0 Å². The number of aliphatic imine (C=N–C) groups is 1. The molecule has 0 aromatic heterocycles. The first-order chi connectivity index (χ1) is 11.0. The summed E-state index contributed by atoms with van der Waals surface area (Å²) in [5.74, 6) is -1.56. The number of carbonyl (C=O) groups excluding carboxylic acids is 1. The average Bonchev–Trinajstić information content (AvgIpc) is 2.54. The molecule has 2 N–H and O–H groups in total. The number of aromatic hydroxyl groups is 1. The number of esters is 1. The predicted molar refractivity (Wildman–Crippen MR) is 84.7 cm³/mol. The van der Waals surface area contributed by atoms with Crippen LogP contribution in [0, 0.1) is 0 Å². The molecule has 0 saturated heterocycles. The summed E-state index contributed by atoms with van der Waals surface area (Å²) in [6, 6.07) is 10.4. The summed E-state index contributed by atoms with van der Waals surface area (Å²) in [7, 11) is 0. The van der Waals surface area contributed by atoms with Crippen LogP contribution in [0.15, 0.2) is 47.5 Å². The number of rotatable bonds is 5. The van der Waals surface area contributed by atoms with Crippen LogP contribution < -0.4 is 0 Å². The predicted octanol–water partition coefficient (Wildman–Crippen LogP) is 3.02. The molecule has 2 aromatic rings. The SMILES string of the molecule is CCOC(=O)c1ccc(N=Cc2cc(C(=O)O)ccc2O)cc1. The Hall–Kier alpha value is -3.15. The highest BCUT2D eigenvalue weighted by atomic mass is 16.5. The molecule has 0 saturated carbocycles. The van der Waals surface area contributed by atoms with Crippen molar-refractivity contribution in [3.05, 3.63) is 59.2 Å². The van der Waals surface area contributed by atoms with Crippen LogP contribution in [0.2, 0.25) is 0 Å². The number of hydrogen-bond donors (Lipinski definition) is 2. The molecule has 0 aliphatic rings. The molecule has 0 atom stereocenters. The Morgan fingerprint density at radius 1 is 1.13 bits per heavy atom. The number of nitrogens with zero attached hydrogens (tertiary/aromatic N) is 1. The highest BCUT2D eigenvalue weighted by molar-refractivity contribution is 5.93. The van der Waals surface area contributed by atoms with Gasteiger partial charge in [0.2, 0.25) is 0 Å². The van der Waals surface area contributed by atoms with Crippen molar-refractivity contribution in [1.29, 1.82) is 0 Å². The van der Waals surface area contributed by atoms with Gasteiger partial charge in [0.1, 0.15) is 5.75 Å². The van der Waals surface area contributed by atoms with Crippen LogP contribution in [-0.4, -0.2) is 35.0 Å².